The molecule has 0 saturated heterocycles. The van der Waals surface area contributed by atoms with Crippen LogP contribution in [0, 0.1) is 19.7 Å². The zero-order valence-corrected chi connectivity index (χ0v) is 13.7. The van der Waals surface area contributed by atoms with Crippen molar-refractivity contribution in [3.63, 3.8) is 0 Å². The van der Waals surface area contributed by atoms with Gasteiger partial charge in [0.1, 0.15) is 5.82 Å². The van der Waals surface area contributed by atoms with E-state index in [1.807, 2.05) is 19.9 Å². The molecule has 0 bridgehead atoms. The maximum Gasteiger partial charge on any atom is 0.329 e. The lowest BCUT2D eigenvalue weighted by atomic mass is 10.1. The molecule has 2 amide bonds. The fourth-order valence-electron chi connectivity index (χ4n) is 2.18. The van der Waals surface area contributed by atoms with E-state index in [4.69, 9.17) is 0 Å². The van der Waals surface area contributed by atoms with Crippen LogP contribution in [0.3, 0.4) is 0 Å². The third-order valence-corrected chi connectivity index (χ3v) is 3.27. The Morgan fingerprint density at radius 2 is 1.54 bits per heavy atom. The monoisotopic (exact) mass is 327 g/mol. The highest BCUT2D eigenvalue weighted by molar-refractivity contribution is 6.39. The van der Waals surface area contributed by atoms with E-state index >= 15 is 0 Å². The lowest BCUT2D eigenvalue weighted by molar-refractivity contribution is -0.136. The summed E-state index contributed by atoms with van der Waals surface area (Å²) in [6.07, 6.45) is 0. The Morgan fingerprint density at radius 1 is 0.958 bits per heavy atom. The van der Waals surface area contributed by atoms with Crippen molar-refractivity contribution in [3.05, 3.63) is 65.0 Å². The van der Waals surface area contributed by atoms with Crippen molar-refractivity contribution < 1.29 is 14.0 Å². The highest BCUT2D eigenvalue weighted by Gasteiger charge is 2.13. The van der Waals surface area contributed by atoms with Gasteiger partial charge in [-0.3, -0.25) is 9.59 Å². The zero-order chi connectivity index (χ0) is 17.7. The second-order valence-corrected chi connectivity index (χ2v) is 5.48. The number of halogens is 1. The minimum Gasteiger partial charge on any atom is -0.318 e. The number of nitrogens with one attached hydrogen (secondary N) is 2. The van der Waals surface area contributed by atoms with Gasteiger partial charge < -0.3 is 5.32 Å². The van der Waals surface area contributed by atoms with Gasteiger partial charge in [0.25, 0.3) is 0 Å². The quantitative estimate of drug-likeness (QED) is 0.517. The Kier molecular flexibility index (Phi) is 5.42. The minimum atomic E-state index is -0.879. The third-order valence-electron chi connectivity index (χ3n) is 3.27. The standard InChI is InChI=1S/C18H18FN3O2/c1-11-8-12(2)10-16(9-11)20-17(23)18(24)22-21-13(3)14-4-6-15(19)7-5-14/h4-10H,1-3H3,(H,20,23)(H,22,24)/b21-13+. The molecule has 124 valence electrons. The fraction of sp³-hybridized carbons (Fsp3) is 0.167. The molecule has 2 aromatic rings. The molecule has 0 aromatic heterocycles. The van der Waals surface area contributed by atoms with Crippen molar-refractivity contribution in [2.75, 3.05) is 5.32 Å². The first-order valence-corrected chi connectivity index (χ1v) is 7.35. The van der Waals surface area contributed by atoms with E-state index in [0.717, 1.165) is 11.1 Å². The number of hydrogen-bond acceptors (Lipinski definition) is 3. The van der Waals surface area contributed by atoms with Crippen LogP contribution in [-0.4, -0.2) is 17.5 Å². The van der Waals surface area contributed by atoms with Crippen molar-refractivity contribution in [1.82, 2.24) is 5.43 Å². The Hall–Kier alpha value is -3.02. The lowest BCUT2D eigenvalue weighted by Gasteiger charge is -2.07. The molecular formula is C18H18FN3O2. The summed E-state index contributed by atoms with van der Waals surface area (Å²) in [6.45, 7) is 5.45. The third kappa shape index (κ3) is 4.74. The number of anilines is 1. The predicted molar refractivity (Wildman–Crippen MR) is 91.3 cm³/mol. The van der Waals surface area contributed by atoms with Crippen LogP contribution in [0.1, 0.15) is 23.6 Å². The Labute approximate surface area is 139 Å². The second kappa shape index (κ2) is 7.50. The molecule has 0 aliphatic rings. The summed E-state index contributed by atoms with van der Waals surface area (Å²) in [5.41, 5.74) is 5.81. The molecule has 0 unspecified atom stereocenters. The van der Waals surface area contributed by atoms with Gasteiger partial charge in [-0.15, -0.1) is 0 Å². The number of carbonyl (C=O) groups is 2. The highest BCUT2D eigenvalue weighted by atomic mass is 19.1. The van der Waals surface area contributed by atoms with Gasteiger partial charge in [0.15, 0.2) is 0 Å². The van der Waals surface area contributed by atoms with Crippen LogP contribution >= 0.6 is 0 Å². The minimum absolute atomic E-state index is 0.358. The van der Waals surface area contributed by atoms with Crippen LogP contribution in [0.25, 0.3) is 0 Å². The topological polar surface area (TPSA) is 70.6 Å². The van der Waals surface area contributed by atoms with Gasteiger partial charge in [0.2, 0.25) is 0 Å². The molecule has 0 aliphatic heterocycles. The first-order valence-electron chi connectivity index (χ1n) is 7.35. The smallest absolute Gasteiger partial charge is 0.318 e. The van der Waals surface area contributed by atoms with Crippen molar-refractivity contribution >= 4 is 23.2 Å². The number of nitrogens with zero attached hydrogens (tertiary/aromatic N) is 1. The predicted octanol–water partition coefficient (Wildman–Crippen LogP) is 2.92. The molecule has 0 aliphatic carbocycles. The van der Waals surface area contributed by atoms with E-state index in [0.29, 0.717) is 17.0 Å². The zero-order valence-electron chi connectivity index (χ0n) is 13.7. The van der Waals surface area contributed by atoms with E-state index in [1.165, 1.54) is 24.3 Å². The van der Waals surface area contributed by atoms with Crippen LogP contribution < -0.4 is 10.7 Å². The Balaban J connectivity index is 1.99. The van der Waals surface area contributed by atoms with Crippen molar-refractivity contribution in [2.45, 2.75) is 20.8 Å². The molecule has 2 aromatic carbocycles. The van der Waals surface area contributed by atoms with E-state index in [-0.39, 0.29) is 5.82 Å². The summed E-state index contributed by atoms with van der Waals surface area (Å²) < 4.78 is 12.9. The molecule has 2 rings (SSSR count). The Bertz CT molecular complexity index is 778. The molecule has 0 saturated carbocycles. The first-order chi connectivity index (χ1) is 11.3. The van der Waals surface area contributed by atoms with Gasteiger partial charge in [0, 0.05) is 5.69 Å². The maximum absolute atomic E-state index is 12.9. The van der Waals surface area contributed by atoms with E-state index in [2.05, 4.69) is 15.8 Å². The van der Waals surface area contributed by atoms with Crippen molar-refractivity contribution in [2.24, 2.45) is 5.10 Å². The summed E-state index contributed by atoms with van der Waals surface area (Å²) >= 11 is 0. The molecule has 0 spiro atoms. The average Bonchev–Trinajstić information content (AvgIpc) is 2.51. The number of benzene rings is 2. The van der Waals surface area contributed by atoms with Crippen LogP contribution in [0.5, 0.6) is 0 Å². The van der Waals surface area contributed by atoms with Gasteiger partial charge >= 0.3 is 11.8 Å². The van der Waals surface area contributed by atoms with Crippen LogP contribution in [0.4, 0.5) is 10.1 Å². The van der Waals surface area contributed by atoms with Gasteiger partial charge in [0.05, 0.1) is 5.71 Å². The van der Waals surface area contributed by atoms with Crippen molar-refractivity contribution in [3.8, 4) is 0 Å². The molecule has 0 radical (unpaired) electrons. The summed E-state index contributed by atoms with van der Waals surface area (Å²) in [4.78, 5) is 23.7. The largest absolute Gasteiger partial charge is 0.329 e. The molecule has 2 N–H and O–H groups in total. The summed E-state index contributed by atoms with van der Waals surface area (Å²) in [5, 5.41) is 6.38. The fourth-order valence-corrected chi connectivity index (χ4v) is 2.18. The molecule has 5 nitrogen and oxygen atoms in total. The molecular weight excluding hydrogens is 309 g/mol. The van der Waals surface area contributed by atoms with Crippen LogP contribution in [0.15, 0.2) is 47.6 Å². The van der Waals surface area contributed by atoms with Gasteiger partial charge in [-0.1, -0.05) is 18.2 Å². The SMILES string of the molecule is C/C(=N\NC(=O)C(=O)Nc1cc(C)cc(C)c1)c1ccc(F)cc1. The van der Waals surface area contributed by atoms with Crippen molar-refractivity contribution in [1.29, 1.82) is 0 Å². The first kappa shape index (κ1) is 17.3. The summed E-state index contributed by atoms with van der Waals surface area (Å²) in [5.74, 6) is -2.05. The van der Waals surface area contributed by atoms with Crippen LogP contribution in [-0.2, 0) is 9.59 Å². The molecule has 0 atom stereocenters. The lowest BCUT2D eigenvalue weighted by Crippen LogP contribution is -2.33. The molecule has 6 heteroatoms. The van der Waals surface area contributed by atoms with Gasteiger partial charge in [-0.05, 0) is 61.7 Å². The summed E-state index contributed by atoms with van der Waals surface area (Å²) in [7, 11) is 0. The van der Waals surface area contributed by atoms with E-state index in [9.17, 15) is 14.0 Å². The summed E-state index contributed by atoms with van der Waals surface area (Å²) in [6, 6.07) is 11.2. The second-order valence-electron chi connectivity index (χ2n) is 5.48. The van der Waals surface area contributed by atoms with Gasteiger partial charge in [-0.2, -0.15) is 5.10 Å². The molecule has 0 heterocycles. The van der Waals surface area contributed by atoms with E-state index in [1.54, 1.807) is 19.1 Å². The molecule has 0 fully saturated rings. The molecule has 24 heavy (non-hydrogen) atoms. The number of aryl methyl sites for hydroxylation is 2. The highest BCUT2D eigenvalue weighted by Crippen LogP contribution is 2.13. The number of carbonyl (C=O) groups excluding carboxylic acids is 2. The normalized spacial score (nSPS) is 11.1. The van der Waals surface area contributed by atoms with E-state index < -0.39 is 11.8 Å². The van der Waals surface area contributed by atoms with Gasteiger partial charge in [-0.25, -0.2) is 9.82 Å². The Morgan fingerprint density at radius 3 is 2.12 bits per heavy atom. The number of rotatable bonds is 3. The maximum atomic E-state index is 12.9. The average molecular weight is 327 g/mol. The number of hydrogen-bond donors (Lipinski definition) is 2. The number of amides is 2. The number of hydrazone groups is 1. The van der Waals surface area contributed by atoms with Crippen LogP contribution in [0.2, 0.25) is 0 Å².